The van der Waals surface area contributed by atoms with Gasteiger partial charge < -0.3 is 15.3 Å². The molecule has 2 heterocycles. The van der Waals surface area contributed by atoms with E-state index < -0.39 is 33.9 Å². The van der Waals surface area contributed by atoms with E-state index in [2.05, 4.69) is 5.32 Å². The number of sulfone groups is 1. The van der Waals surface area contributed by atoms with Gasteiger partial charge in [0, 0.05) is 12.0 Å². The van der Waals surface area contributed by atoms with Crippen LogP contribution in [0, 0.1) is 0 Å². The van der Waals surface area contributed by atoms with Crippen molar-refractivity contribution >= 4 is 21.8 Å². The van der Waals surface area contributed by atoms with E-state index in [0.717, 1.165) is 18.2 Å². The van der Waals surface area contributed by atoms with Crippen molar-refractivity contribution in [3.8, 4) is 0 Å². The molecule has 2 amide bonds. The standard InChI is InChI=1S/C11H16N2O5S/c14-10(15)9-3-1-2-5-13(9)11(16)12-8-4-6-19(17,18)7-8/h4,6,8-9H,1-3,5,7H2,(H,12,16)(H,14,15). The molecule has 2 unspecified atom stereocenters. The number of carboxylic acid groups (broad SMARTS) is 1. The lowest BCUT2D eigenvalue weighted by molar-refractivity contribution is -0.143. The summed E-state index contributed by atoms with van der Waals surface area (Å²) in [7, 11) is -3.23. The first-order valence-electron chi connectivity index (χ1n) is 6.10. The van der Waals surface area contributed by atoms with Crippen LogP contribution in [0.25, 0.3) is 0 Å². The number of hydrogen-bond acceptors (Lipinski definition) is 4. The molecule has 8 heteroatoms. The molecule has 2 atom stereocenters. The zero-order valence-corrected chi connectivity index (χ0v) is 11.1. The van der Waals surface area contributed by atoms with Crippen LogP contribution in [0.15, 0.2) is 11.5 Å². The molecule has 0 aromatic carbocycles. The number of aliphatic carboxylic acids is 1. The number of carboxylic acids is 1. The Hall–Kier alpha value is -1.57. The maximum absolute atomic E-state index is 12.0. The van der Waals surface area contributed by atoms with Crippen molar-refractivity contribution in [3.63, 3.8) is 0 Å². The van der Waals surface area contributed by atoms with Crippen LogP contribution in [0.1, 0.15) is 19.3 Å². The van der Waals surface area contributed by atoms with Crippen molar-refractivity contribution in [1.82, 2.24) is 10.2 Å². The molecule has 0 aromatic rings. The van der Waals surface area contributed by atoms with Crippen molar-refractivity contribution in [2.24, 2.45) is 0 Å². The lowest BCUT2D eigenvalue weighted by Crippen LogP contribution is -2.54. The Morgan fingerprint density at radius 2 is 2.05 bits per heavy atom. The number of amides is 2. The minimum atomic E-state index is -3.23. The topological polar surface area (TPSA) is 104 Å². The first-order valence-corrected chi connectivity index (χ1v) is 7.81. The van der Waals surface area contributed by atoms with Crippen LogP contribution in [-0.2, 0) is 14.6 Å². The van der Waals surface area contributed by atoms with Gasteiger partial charge in [-0.05, 0) is 25.3 Å². The predicted octanol–water partition coefficient (Wildman–Crippen LogP) is -0.0542. The summed E-state index contributed by atoms with van der Waals surface area (Å²) in [5.41, 5.74) is 0. The van der Waals surface area contributed by atoms with Crippen LogP contribution >= 0.6 is 0 Å². The van der Waals surface area contributed by atoms with Gasteiger partial charge in [0.1, 0.15) is 6.04 Å². The van der Waals surface area contributed by atoms with Crippen molar-refractivity contribution in [1.29, 1.82) is 0 Å². The summed E-state index contributed by atoms with van der Waals surface area (Å²) in [6.45, 7) is 0.381. The van der Waals surface area contributed by atoms with Crippen LogP contribution in [0.3, 0.4) is 0 Å². The van der Waals surface area contributed by atoms with Gasteiger partial charge in [-0.3, -0.25) is 0 Å². The van der Waals surface area contributed by atoms with E-state index in [1.54, 1.807) is 0 Å². The van der Waals surface area contributed by atoms with Gasteiger partial charge in [-0.25, -0.2) is 18.0 Å². The van der Waals surface area contributed by atoms with Gasteiger partial charge in [0.05, 0.1) is 11.8 Å². The molecule has 0 bridgehead atoms. The van der Waals surface area contributed by atoms with Gasteiger partial charge in [-0.15, -0.1) is 0 Å². The molecule has 0 aromatic heterocycles. The molecule has 0 saturated carbocycles. The molecule has 2 aliphatic heterocycles. The highest BCUT2D eigenvalue weighted by Crippen LogP contribution is 2.18. The van der Waals surface area contributed by atoms with Gasteiger partial charge in [-0.2, -0.15) is 0 Å². The van der Waals surface area contributed by atoms with Crippen LogP contribution in [0.5, 0.6) is 0 Å². The highest BCUT2D eigenvalue weighted by molar-refractivity contribution is 7.94. The molecule has 0 spiro atoms. The number of nitrogens with zero attached hydrogens (tertiary/aromatic N) is 1. The molecule has 106 valence electrons. The summed E-state index contributed by atoms with van der Waals surface area (Å²) in [6, 6.07) is -1.91. The average molecular weight is 288 g/mol. The Morgan fingerprint density at radius 3 is 2.63 bits per heavy atom. The minimum Gasteiger partial charge on any atom is -0.480 e. The van der Waals surface area contributed by atoms with E-state index in [9.17, 15) is 18.0 Å². The summed E-state index contributed by atoms with van der Waals surface area (Å²) < 4.78 is 22.5. The fraction of sp³-hybridized carbons (Fsp3) is 0.636. The molecule has 2 N–H and O–H groups in total. The second-order valence-electron chi connectivity index (χ2n) is 4.76. The van der Waals surface area contributed by atoms with Crippen molar-refractivity contribution in [2.45, 2.75) is 31.3 Å². The van der Waals surface area contributed by atoms with E-state index in [0.29, 0.717) is 13.0 Å². The van der Waals surface area contributed by atoms with Gasteiger partial charge in [-0.1, -0.05) is 0 Å². The molecular weight excluding hydrogens is 272 g/mol. The maximum atomic E-state index is 12.0. The van der Waals surface area contributed by atoms with Crippen LogP contribution in [0.4, 0.5) is 4.79 Å². The zero-order valence-electron chi connectivity index (χ0n) is 10.3. The molecular formula is C11H16N2O5S. The number of urea groups is 1. The second kappa shape index (κ2) is 5.20. The van der Waals surface area contributed by atoms with Gasteiger partial charge in [0.2, 0.25) is 0 Å². The first kappa shape index (κ1) is 13.9. The predicted molar refractivity (Wildman–Crippen MR) is 67.2 cm³/mol. The highest BCUT2D eigenvalue weighted by atomic mass is 32.2. The van der Waals surface area contributed by atoms with E-state index in [-0.39, 0.29) is 5.75 Å². The fourth-order valence-corrected chi connectivity index (χ4v) is 3.57. The first-order chi connectivity index (χ1) is 8.89. The molecule has 7 nitrogen and oxygen atoms in total. The SMILES string of the molecule is O=C(O)C1CCCCN1C(=O)NC1C=CS(=O)(=O)C1. The Kier molecular flexibility index (Phi) is 3.79. The lowest BCUT2D eigenvalue weighted by Gasteiger charge is -2.33. The number of likely N-dealkylation sites (tertiary alicyclic amines) is 1. The highest BCUT2D eigenvalue weighted by Gasteiger charge is 2.33. The summed E-state index contributed by atoms with van der Waals surface area (Å²) in [4.78, 5) is 24.3. The molecule has 2 rings (SSSR count). The van der Waals surface area contributed by atoms with Crippen molar-refractivity contribution < 1.29 is 23.1 Å². The normalized spacial score (nSPS) is 29.2. The molecule has 0 aliphatic carbocycles. The van der Waals surface area contributed by atoms with Crippen molar-refractivity contribution in [3.05, 3.63) is 11.5 Å². The summed E-state index contributed by atoms with van der Waals surface area (Å²) in [5.74, 6) is -1.19. The third-order valence-electron chi connectivity index (χ3n) is 3.29. The molecule has 2 aliphatic rings. The Bertz CT molecular complexity index is 513. The largest absolute Gasteiger partial charge is 0.480 e. The summed E-state index contributed by atoms with van der Waals surface area (Å²) >= 11 is 0. The number of rotatable bonds is 2. The van der Waals surface area contributed by atoms with Crippen molar-refractivity contribution in [2.75, 3.05) is 12.3 Å². The van der Waals surface area contributed by atoms with Crippen LogP contribution < -0.4 is 5.32 Å². The third kappa shape index (κ3) is 3.25. The number of carbonyl (C=O) groups excluding carboxylic acids is 1. The Labute approximate surface area is 111 Å². The number of nitrogens with one attached hydrogen (secondary N) is 1. The Morgan fingerprint density at radius 1 is 1.32 bits per heavy atom. The van der Waals surface area contributed by atoms with Gasteiger partial charge >= 0.3 is 12.0 Å². The third-order valence-corrected chi connectivity index (χ3v) is 4.68. The molecule has 19 heavy (non-hydrogen) atoms. The Balaban J connectivity index is 1.99. The van der Waals surface area contributed by atoms with Crippen LogP contribution in [-0.4, -0.2) is 54.8 Å². The summed E-state index contributed by atoms with van der Waals surface area (Å²) in [5, 5.41) is 12.7. The number of piperidine rings is 1. The van der Waals surface area contributed by atoms with E-state index in [4.69, 9.17) is 5.11 Å². The van der Waals surface area contributed by atoms with E-state index >= 15 is 0 Å². The average Bonchev–Trinajstić information content (AvgIpc) is 2.68. The number of carbonyl (C=O) groups is 2. The second-order valence-corrected chi connectivity index (χ2v) is 6.69. The van der Waals surface area contributed by atoms with Gasteiger partial charge in [0.25, 0.3) is 0 Å². The maximum Gasteiger partial charge on any atom is 0.326 e. The molecule has 1 saturated heterocycles. The van der Waals surface area contributed by atoms with E-state index in [1.165, 1.54) is 11.0 Å². The van der Waals surface area contributed by atoms with Crippen LogP contribution in [0.2, 0.25) is 0 Å². The fourth-order valence-electron chi connectivity index (χ4n) is 2.34. The quantitative estimate of drug-likeness (QED) is 0.741. The van der Waals surface area contributed by atoms with E-state index in [1.807, 2.05) is 0 Å². The molecule has 1 fully saturated rings. The minimum absolute atomic E-state index is 0.162. The summed E-state index contributed by atoms with van der Waals surface area (Å²) in [6.07, 6.45) is 3.38. The molecule has 0 radical (unpaired) electrons. The lowest BCUT2D eigenvalue weighted by atomic mass is 10.0. The number of hydrogen-bond donors (Lipinski definition) is 2. The zero-order chi connectivity index (χ0) is 14.0. The monoisotopic (exact) mass is 288 g/mol. The van der Waals surface area contributed by atoms with Gasteiger partial charge in [0.15, 0.2) is 9.84 Å². The smallest absolute Gasteiger partial charge is 0.326 e.